The number of nitrogens with zero attached hydrogens (tertiary/aromatic N) is 1. The van der Waals surface area contributed by atoms with E-state index in [0.29, 0.717) is 6.29 Å². The first-order valence-corrected chi connectivity index (χ1v) is 9.09. The molecule has 0 aliphatic heterocycles. The largest absolute Gasteiger partial charge is 0.357 e. The Balaban J connectivity index is 2.12. The first-order valence-electron chi connectivity index (χ1n) is 9.09. The molecule has 0 aromatic heterocycles. The fourth-order valence-electron chi connectivity index (χ4n) is 2.63. The summed E-state index contributed by atoms with van der Waals surface area (Å²) in [7, 11) is 1.46. The van der Waals surface area contributed by atoms with Crippen molar-refractivity contribution in [1.82, 2.24) is 15.5 Å². The summed E-state index contributed by atoms with van der Waals surface area (Å²) < 4.78 is 0. The summed E-state index contributed by atoms with van der Waals surface area (Å²) in [5.41, 5.74) is 1.62. The van der Waals surface area contributed by atoms with E-state index in [1.165, 1.54) is 13.1 Å². The SMILES string of the molecule is CNC(=O)C(Cc1ccccc1)NC(=O)N(CC=O)C(=O)C=Cc1ccccc1. The van der Waals surface area contributed by atoms with E-state index in [1.807, 2.05) is 48.5 Å². The van der Waals surface area contributed by atoms with Gasteiger partial charge < -0.3 is 15.4 Å². The van der Waals surface area contributed by atoms with E-state index >= 15 is 0 Å². The van der Waals surface area contributed by atoms with Crippen molar-refractivity contribution in [2.24, 2.45) is 0 Å². The molecule has 2 aromatic carbocycles. The highest BCUT2D eigenvalue weighted by atomic mass is 16.2. The summed E-state index contributed by atoms with van der Waals surface area (Å²) in [5, 5.41) is 5.04. The molecule has 4 amide bonds. The monoisotopic (exact) mass is 393 g/mol. The number of imide groups is 1. The summed E-state index contributed by atoms with van der Waals surface area (Å²) in [6, 6.07) is 16.5. The van der Waals surface area contributed by atoms with Gasteiger partial charge in [0.05, 0.1) is 6.54 Å². The summed E-state index contributed by atoms with van der Waals surface area (Å²) >= 11 is 0. The minimum Gasteiger partial charge on any atom is -0.357 e. The molecule has 7 nitrogen and oxygen atoms in total. The molecule has 0 aliphatic rings. The average Bonchev–Trinajstić information content (AvgIpc) is 2.76. The Morgan fingerprint density at radius 1 is 1.00 bits per heavy atom. The van der Waals surface area contributed by atoms with Crippen LogP contribution in [-0.2, 0) is 20.8 Å². The number of nitrogens with one attached hydrogen (secondary N) is 2. The molecule has 1 atom stereocenters. The van der Waals surface area contributed by atoms with Crippen LogP contribution in [0, 0.1) is 0 Å². The summed E-state index contributed by atoms with van der Waals surface area (Å²) in [4.78, 5) is 49.0. The van der Waals surface area contributed by atoms with Crippen LogP contribution >= 0.6 is 0 Å². The van der Waals surface area contributed by atoms with E-state index in [4.69, 9.17) is 0 Å². The first-order chi connectivity index (χ1) is 14.0. The second-order valence-electron chi connectivity index (χ2n) is 6.17. The quantitative estimate of drug-likeness (QED) is 0.528. The third kappa shape index (κ3) is 6.73. The van der Waals surface area contributed by atoms with Crippen molar-refractivity contribution >= 4 is 30.2 Å². The van der Waals surface area contributed by atoms with Gasteiger partial charge in [-0.1, -0.05) is 60.7 Å². The predicted octanol–water partition coefficient (Wildman–Crippen LogP) is 1.79. The molecule has 29 heavy (non-hydrogen) atoms. The van der Waals surface area contributed by atoms with Gasteiger partial charge in [-0.05, 0) is 17.2 Å². The molecule has 0 heterocycles. The predicted molar refractivity (Wildman–Crippen MR) is 110 cm³/mol. The molecule has 0 fully saturated rings. The second-order valence-corrected chi connectivity index (χ2v) is 6.17. The highest BCUT2D eigenvalue weighted by Gasteiger charge is 2.25. The fraction of sp³-hybridized carbons (Fsp3) is 0.182. The number of hydrogen-bond acceptors (Lipinski definition) is 4. The Bertz CT molecular complexity index is 866. The standard InChI is InChI=1S/C22H23N3O4/c1-23-21(28)19(16-18-10-6-3-7-11-18)24-22(29)25(14-15-26)20(27)13-12-17-8-4-2-5-9-17/h2-13,15,19H,14,16H2,1H3,(H,23,28)(H,24,29). The number of urea groups is 1. The number of aldehydes is 1. The molecule has 0 bridgehead atoms. The molecule has 0 radical (unpaired) electrons. The van der Waals surface area contributed by atoms with Crippen molar-refractivity contribution in [2.45, 2.75) is 12.5 Å². The van der Waals surface area contributed by atoms with Crippen molar-refractivity contribution in [3.05, 3.63) is 77.9 Å². The Hall–Kier alpha value is -3.74. The van der Waals surface area contributed by atoms with Crippen LogP contribution in [0.15, 0.2) is 66.7 Å². The van der Waals surface area contributed by atoms with Crippen LogP contribution in [0.25, 0.3) is 6.08 Å². The van der Waals surface area contributed by atoms with Crippen molar-refractivity contribution in [3.63, 3.8) is 0 Å². The van der Waals surface area contributed by atoms with Crippen LogP contribution in [0.3, 0.4) is 0 Å². The molecule has 150 valence electrons. The lowest BCUT2D eigenvalue weighted by molar-refractivity contribution is -0.126. The molecule has 0 aliphatic carbocycles. The number of rotatable bonds is 8. The number of likely N-dealkylation sites (N-methyl/N-ethyl adjacent to an activating group) is 1. The van der Waals surface area contributed by atoms with E-state index in [9.17, 15) is 19.2 Å². The van der Waals surface area contributed by atoms with E-state index < -0.39 is 30.4 Å². The number of carbonyl (C=O) groups excluding carboxylic acids is 4. The van der Waals surface area contributed by atoms with Gasteiger partial charge in [0.2, 0.25) is 5.91 Å². The first kappa shape index (κ1) is 21.6. The topological polar surface area (TPSA) is 95.6 Å². The van der Waals surface area contributed by atoms with Crippen LogP contribution < -0.4 is 10.6 Å². The zero-order valence-electron chi connectivity index (χ0n) is 16.1. The third-order valence-electron chi connectivity index (χ3n) is 4.13. The molecular weight excluding hydrogens is 370 g/mol. The van der Waals surface area contributed by atoms with E-state index in [-0.39, 0.29) is 6.42 Å². The number of hydrogen-bond donors (Lipinski definition) is 2. The third-order valence-corrected chi connectivity index (χ3v) is 4.13. The van der Waals surface area contributed by atoms with Gasteiger partial charge in [-0.2, -0.15) is 0 Å². The van der Waals surface area contributed by atoms with Crippen molar-refractivity contribution in [3.8, 4) is 0 Å². The van der Waals surface area contributed by atoms with Gasteiger partial charge in [0.15, 0.2) is 0 Å². The zero-order chi connectivity index (χ0) is 21.1. The molecule has 7 heteroatoms. The second kappa shape index (κ2) is 11.2. The lowest BCUT2D eigenvalue weighted by atomic mass is 10.1. The maximum absolute atomic E-state index is 12.6. The van der Waals surface area contributed by atoms with Crippen LogP contribution in [0.4, 0.5) is 4.79 Å². The molecule has 2 N–H and O–H groups in total. The number of carbonyl (C=O) groups is 4. The van der Waals surface area contributed by atoms with Crippen molar-refractivity contribution in [1.29, 1.82) is 0 Å². The maximum Gasteiger partial charge on any atom is 0.325 e. The molecule has 0 saturated heterocycles. The van der Waals surface area contributed by atoms with E-state index in [1.54, 1.807) is 18.2 Å². The van der Waals surface area contributed by atoms with Crippen molar-refractivity contribution < 1.29 is 19.2 Å². The summed E-state index contributed by atoms with van der Waals surface area (Å²) in [6.07, 6.45) is 3.47. The minimum absolute atomic E-state index is 0.245. The Labute approximate surface area is 169 Å². The smallest absolute Gasteiger partial charge is 0.325 e. The Kier molecular flexibility index (Phi) is 8.31. The Morgan fingerprint density at radius 2 is 1.62 bits per heavy atom. The summed E-state index contributed by atoms with van der Waals surface area (Å²) in [5.74, 6) is -1.06. The van der Waals surface area contributed by atoms with Crippen LogP contribution in [0.5, 0.6) is 0 Å². The van der Waals surface area contributed by atoms with E-state index in [0.717, 1.165) is 16.0 Å². The lowest BCUT2D eigenvalue weighted by Gasteiger charge is -2.22. The molecule has 1 unspecified atom stereocenters. The number of amides is 4. The maximum atomic E-state index is 12.6. The minimum atomic E-state index is -0.894. The van der Waals surface area contributed by atoms with Gasteiger partial charge >= 0.3 is 6.03 Å². The molecule has 2 aromatic rings. The van der Waals surface area contributed by atoms with Crippen LogP contribution in [0.1, 0.15) is 11.1 Å². The fourth-order valence-corrected chi connectivity index (χ4v) is 2.63. The van der Waals surface area contributed by atoms with Gasteiger partial charge in [0.1, 0.15) is 12.3 Å². The normalized spacial score (nSPS) is 11.5. The van der Waals surface area contributed by atoms with Gasteiger partial charge in [0.25, 0.3) is 5.91 Å². The number of benzene rings is 2. The highest BCUT2D eigenvalue weighted by Crippen LogP contribution is 2.06. The van der Waals surface area contributed by atoms with Crippen LogP contribution in [0.2, 0.25) is 0 Å². The van der Waals surface area contributed by atoms with Gasteiger partial charge in [-0.3, -0.25) is 14.5 Å². The Morgan fingerprint density at radius 3 is 2.21 bits per heavy atom. The molecule has 0 saturated carbocycles. The van der Waals surface area contributed by atoms with E-state index in [2.05, 4.69) is 10.6 Å². The lowest BCUT2D eigenvalue weighted by Crippen LogP contribution is -2.53. The van der Waals surface area contributed by atoms with Crippen LogP contribution in [-0.4, -0.2) is 48.7 Å². The molecular formula is C22H23N3O4. The molecule has 2 rings (SSSR count). The molecule has 0 spiro atoms. The average molecular weight is 393 g/mol. The highest BCUT2D eigenvalue weighted by molar-refractivity contribution is 6.04. The van der Waals surface area contributed by atoms with Crippen molar-refractivity contribution in [2.75, 3.05) is 13.6 Å². The van der Waals surface area contributed by atoms with Gasteiger partial charge in [-0.25, -0.2) is 4.79 Å². The van der Waals surface area contributed by atoms with Gasteiger partial charge in [-0.15, -0.1) is 0 Å². The van der Waals surface area contributed by atoms with Gasteiger partial charge in [0, 0.05) is 19.5 Å². The zero-order valence-corrected chi connectivity index (χ0v) is 16.1. The summed E-state index contributed by atoms with van der Waals surface area (Å²) in [6.45, 7) is -0.421.